The molecule has 1 amide bonds. The Morgan fingerprint density at radius 1 is 0.976 bits per heavy atom. The lowest BCUT2D eigenvalue weighted by Crippen LogP contribution is -2.15. The molecule has 222 valence electrons. The highest BCUT2D eigenvalue weighted by Gasteiger charge is 2.22. The predicted molar refractivity (Wildman–Crippen MR) is 172 cm³/mol. The van der Waals surface area contributed by atoms with Gasteiger partial charge in [0.15, 0.2) is 11.0 Å². The lowest BCUT2D eigenvalue weighted by molar-refractivity contribution is -0.113. The first kappa shape index (κ1) is 31.6. The van der Waals surface area contributed by atoms with Crippen LogP contribution in [-0.2, 0) is 14.8 Å². The largest absolute Gasteiger partial charge is 0.325 e. The maximum absolute atomic E-state index is 13.3. The molecule has 1 aromatic heterocycles. The Labute approximate surface area is 257 Å². The van der Waals surface area contributed by atoms with Crippen LogP contribution < -0.4 is 10.0 Å². The number of nitrogens with zero attached hydrogens (tertiary/aromatic N) is 3. The van der Waals surface area contributed by atoms with E-state index in [1.54, 1.807) is 36.4 Å². The summed E-state index contributed by atoms with van der Waals surface area (Å²) in [6.45, 7) is 8.48. The normalized spacial score (nSPS) is 12.3. The van der Waals surface area contributed by atoms with Crippen molar-refractivity contribution in [3.8, 4) is 11.4 Å². The fourth-order valence-corrected chi connectivity index (χ4v) is 6.72. The number of aromatic nitrogens is 3. The van der Waals surface area contributed by atoms with Crippen LogP contribution in [-0.4, -0.2) is 34.8 Å². The molecule has 0 spiro atoms. The van der Waals surface area contributed by atoms with Crippen LogP contribution in [0.3, 0.4) is 0 Å². The average molecular weight is 626 g/mol. The Kier molecular flexibility index (Phi) is 10.7. The lowest BCUT2D eigenvalue weighted by Gasteiger charge is -2.19. The zero-order valence-corrected chi connectivity index (χ0v) is 26.6. The van der Waals surface area contributed by atoms with E-state index >= 15 is 0 Å². The molecule has 0 saturated carbocycles. The number of amides is 1. The Morgan fingerprint density at radius 3 is 2.48 bits per heavy atom. The molecule has 0 bridgehead atoms. The minimum atomic E-state index is -3.92. The highest BCUT2D eigenvalue weighted by atomic mass is 35.5. The van der Waals surface area contributed by atoms with E-state index in [1.165, 1.54) is 17.8 Å². The van der Waals surface area contributed by atoms with Gasteiger partial charge in [-0.25, -0.2) is 8.42 Å². The smallest absolute Gasteiger partial charge is 0.261 e. The van der Waals surface area contributed by atoms with Gasteiger partial charge >= 0.3 is 0 Å². The Balaban J connectivity index is 1.60. The molecule has 4 aromatic rings. The van der Waals surface area contributed by atoms with E-state index in [1.807, 2.05) is 41.8 Å². The third-order valence-corrected chi connectivity index (χ3v) is 9.30. The van der Waals surface area contributed by atoms with Crippen molar-refractivity contribution in [2.75, 3.05) is 15.8 Å². The quantitative estimate of drug-likeness (QED) is 0.147. The third-order valence-electron chi connectivity index (χ3n) is 6.66. The number of thioether (sulfide) groups is 1. The summed E-state index contributed by atoms with van der Waals surface area (Å²) in [4.78, 5) is 12.8. The van der Waals surface area contributed by atoms with Gasteiger partial charge in [-0.1, -0.05) is 86.5 Å². The van der Waals surface area contributed by atoms with Crippen molar-refractivity contribution in [3.63, 3.8) is 0 Å². The van der Waals surface area contributed by atoms with Crippen molar-refractivity contribution in [1.82, 2.24) is 14.8 Å². The van der Waals surface area contributed by atoms with Gasteiger partial charge in [0, 0.05) is 17.3 Å². The number of anilines is 2. The number of hydrogen-bond donors (Lipinski definition) is 2. The van der Waals surface area contributed by atoms with Gasteiger partial charge in [-0.05, 0) is 68.1 Å². The highest BCUT2D eigenvalue weighted by Crippen LogP contribution is 2.32. The number of para-hydroxylation sites is 1. The Morgan fingerprint density at radius 2 is 1.74 bits per heavy atom. The van der Waals surface area contributed by atoms with Gasteiger partial charge in [-0.3, -0.25) is 14.1 Å². The molecule has 11 heteroatoms. The molecule has 2 N–H and O–H groups in total. The summed E-state index contributed by atoms with van der Waals surface area (Å²) in [5.41, 5.74) is 2.71. The molecule has 4 rings (SSSR count). The molecule has 1 heterocycles. The van der Waals surface area contributed by atoms with E-state index in [9.17, 15) is 13.2 Å². The molecule has 0 fully saturated rings. The summed E-state index contributed by atoms with van der Waals surface area (Å²) in [6.07, 6.45) is 2.99. The van der Waals surface area contributed by atoms with Gasteiger partial charge in [0.1, 0.15) is 0 Å². The Hall–Kier alpha value is -3.34. The van der Waals surface area contributed by atoms with Crippen molar-refractivity contribution in [3.05, 3.63) is 83.4 Å². The Bertz CT molecular complexity index is 1640. The molecular formula is C31H36ClN5O3S2. The second-order valence-corrected chi connectivity index (χ2v) is 13.7. The van der Waals surface area contributed by atoms with E-state index in [4.69, 9.17) is 11.6 Å². The SMILES string of the molecule is Cc1cccc(NC(=O)CSc2nnc(-c3cccc(S(=O)(=O)Nc4ccccc4Cl)c3)n2[C@@H](C)CCCC(C)C)c1. The number of benzene rings is 3. The second kappa shape index (κ2) is 14.2. The van der Waals surface area contributed by atoms with Crippen molar-refractivity contribution in [2.45, 2.75) is 63.1 Å². The summed E-state index contributed by atoms with van der Waals surface area (Å²) in [5.74, 6) is 1.14. The summed E-state index contributed by atoms with van der Waals surface area (Å²) >= 11 is 7.50. The van der Waals surface area contributed by atoms with Gasteiger partial charge in [-0.15, -0.1) is 10.2 Å². The maximum atomic E-state index is 13.3. The molecule has 3 aromatic carbocycles. The molecule has 0 aliphatic heterocycles. The fraction of sp³-hybridized carbons (Fsp3) is 0.323. The predicted octanol–water partition coefficient (Wildman–Crippen LogP) is 7.83. The van der Waals surface area contributed by atoms with Gasteiger partial charge in [0.25, 0.3) is 10.0 Å². The van der Waals surface area contributed by atoms with Crippen LogP contribution in [0.15, 0.2) is 82.8 Å². The standard InChI is InChI=1S/C31H36ClN5O3S2/c1-21(2)10-7-12-23(4)37-30(34-35-31(37)41-20-29(38)33-25-14-8-11-22(3)18-25)24-13-9-15-26(19-24)42(39,40)36-28-17-6-5-16-27(28)32/h5-6,8-9,11,13-19,21,23,36H,7,10,12,20H2,1-4H3,(H,33,38)/t23-/m0/s1. The molecule has 0 saturated heterocycles. The van der Waals surface area contributed by atoms with E-state index in [2.05, 4.69) is 41.0 Å². The van der Waals surface area contributed by atoms with E-state index in [-0.39, 0.29) is 22.6 Å². The van der Waals surface area contributed by atoms with E-state index in [0.29, 0.717) is 33.2 Å². The van der Waals surface area contributed by atoms with Crippen LogP contribution in [0.4, 0.5) is 11.4 Å². The van der Waals surface area contributed by atoms with Gasteiger partial charge < -0.3 is 5.32 Å². The van der Waals surface area contributed by atoms with Crippen LogP contribution in [0.5, 0.6) is 0 Å². The lowest BCUT2D eigenvalue weighted by atomic mass is 10.0. The number of hydrogen-bond acceptors (Lipinski definition) is 6. The molecule has 0 aliphatic carbocycles. The molecule has 0 radical (unpaired) electrons. The minimum Gasteiger partial charge on any atom is -0.325 e. The topological polar surface area (TPSA) is 106 Å². The van der Waals surface area contributed by atoms with Gasteiger partial charge in [0.05, 0.1) is 21.4 Å². The number of sulfonamides is 1. The zero-order chi connectivity index (χ0) is 30.3. The molecule has 0 aliphatic rings. The molecule has 42 heavy (non-hydrogen) atoms. The van der Waals surface area contributed by atoms with Crippen LogP contribution in [0, 0.1) is 12.8 Å². The first-order valence-corrected chi connectivity index (χ1v) is 16.7. The van der Waals surface area contributed by atoms with Crippen LogP contribution >= 0.6 is 23.4 Å². The van der Waals surface area contributed by atoms with Crippen LogP contribution in [0.25, 0.3) is 11.4 Å². The summed E-state index contributed by atoms with van der Waals surface area (Å²) < 4.78 is 31.1. The summed E-state index contributed by atoms with van der Waals surface area (Å²) in [6, 6.07) is 21.0. The number of rotatable bonds is 13. The second-order valence-electron chi connectivity index (χ2n) is 10.7. The first-order valence-electron chi connectivity index (χ1n) is 13.9. The third kappa shape index (κ3) is 8.36. The van der Waals surface area contributed by atoms with Crippen LogP contribution in [0.2, 0.25) is 5.02 Å². The molecular weight excluding hydrogens is 590 g/mol. The van der Waals surface area contributed by atoms with Gasteiger partial charge in [0.2, 0.25) is 5.91 Å². The number of halogens is 1. The van der Waals surface area contributed by atoms with Crippen molar-refractivity contribution in [1.29, 1.82) is 0 Å². The molecule has 1 atom stereocenters. The monoisotopic (exact) mass is 625 g/mol. The number of carbonyl (C=O) groups is 1. The van der Waals surface area contributed by atoms with E-state index < -0.39 is 10.0 Å². The van der Waals surface area contributed by atoms with Crippen LogP contribution in [0.1, 0.15) is 51.6 Å². The minimum absolute atomic E-state index is 0.0256. The highest BCUT2D eigenvalue weighted by molar-refractivity contribution is 7.99. The van der Waals surface area contributed by atoms with Crippen molar-refractivity contribution < 1.29 is 13.2 Å². The zero-order valence-electron chi connectivity index (χ0n) is 24.2. The number of aryl methyl sites for hydroxylation is 1. The first-order chi connectivity index (χ1) is 20.0. The van der Waals surface area contributed by atoms with E-state index in [0.717, 1.165) is 30.5 Å². The van der Waals surface area contributed by atoms with Crippen molar-refractivity contribution in [2.24, 2.45) is 5.92 Å². The summed E-state index contributed by atoms with van der Waals surface area (Å²) in [7, 11) is -3.92. The van der Waals surface area contributed by atoms with Gasteiger partial charge in [-0.2, -0.15) is 0 Å². The molecule has 8 nitrogen and oxygen atoms in total. The average Bonchev–Trinajstić information content (AvgIpc) is 3.37. The maximum Gasteiger partial charge on any atom is 0.261 e. The summed E-state index contributed by atoms with van der Waals surface area (Å²) in [5, 5.41) is 12.7. The number of nitrogens with one attached hydrogen (secondary N) is 2. The number of carbonyl (C=O) groups excluding carboxylic acids is 1. The fourth-order valence-electron chi connectivity index (χ4n) is 4.52. The van der Waals surface area contributed by atoms with Crippen molar-refractivity contribution >= 4 is 50.7 Å². The molecule has 0 unspecified atom stereocenters.